The van der Waals surface area contributed by atoms with E-state index in [2.05, 4.69) is 26.6 Å². The lowest BCUT2D eigenvalue weighted by Crippen LogP contribution is -2.18. The maximum Gasteiger partial charge on any atom is 0.338 e. The van der Waals surface area contributed by atoms with Crippen molar-refractivity contribution in [2.24, 2.45) is 0 Å². The number of hydrogen-bond donors (Lipinski definition) is 2. The molecule has 0 heterocycles. The van der Waals surface area contributed by atoms with Gasteiger partial charge < -0.3 is 15.4 Å². The average molecular weight is 467 g/mol. The third kappa shape index (κ3) is 5.12. The quantitative estimate of drug-likeness (QED) is 0.493. The van der Waals surface area contributed by atoms with Gasteiger partial charge in [-0.15, -0.1) is 0 Å². The summed E-state index contributed by atoms with van der Waals surface area (Å²) in [5.74, 6) is -1.22. The summed E-state index contributed by atoms with van der Waals surface area (Å²) < 4.78 is 5.64. The minimum absolute atomic E-state index is 0.264. The highest BCUT2D eigenvalue weighted by molar-refractivity contribution is 9.10. The third-order valence-corrected chi connectivity index (χ3v) is 4.86. The highest BCUT2D eigenvalue weighted by atomic mass is 79.9. The zero-order valence-electron chi connectivity index (χ0n) is 16.1. The number of ether oxygens (including phenoxy) is 1. The number of carbonyl (C=O) groups excluding carboxylic acids is 3. The van der Waals surface area contributed by atoms with Gasteiger partial charge in [-0.2, -0.15) is 0 Å². The van der Waals surface area contributed by atoms with E-state index in [1.54, 1.807) is 67.6 Å². The van der Waals surface area contributed by atoms with E-state index in [4.69, 9.17) is 4.74 Å². The maximum absolute atomic E-state index is 12.8. The summed E-state index contributed by atoms with van der Waals surface area (Å²) in [7, 11) is 0. The number of halogens is 1. The summed E-state index contributed by atoms with van der Waals surface area (Å²) >= 11 is 3.35. The molecule has 3 rings (SSSR count). The van der Waals surface area contributed by atoms with Crippen LogP contribution in [0.2, 0.25) is 0 Å². The topological polar surface area (TPSA) is 84.5 Å². The standard InChI is InChI=1S/C23H19BrN2O4/c1-2-30-23(29)15-8-7-9-16(14-15)25-22(28)18-11-4-6-13-20(18)26-21(27)17-10-3-5-12-19(17)24/h3-14H,2H2,1H3,(H,25,28)(H,26,27). The molecule has 0 aromatic heterocycles. The number of hydrogen-bond acceptors (Lipinski definition) is 4. The van der Waals surface area contributed by atoms with Crippen molar-refractivity contribution in [3.8, 4) is 0 Å². The van der Waals surface area contributed by atoms with Crippen molar-refractivity contribution >= 4 is 45.1 Å². The second-order valence-corrected chi connectivity index (χ2v) is 7.09. The molecule has 0 bridgehead atoms. The van der Waals surface area contributed by atoms with Gasteiger partial charge in [-0.3, -0.25) is 9.59 Å². The Labute approximate surface area is 182 Å². The minimum atomic E-state index is -0.463. The smallest absolute Gasteiger partial charge is 0.338 e. The number of carbonyl (C=O) groups is 3. The van der Waals surface area contributed by atoms with Crippen LogP contribution in [-0.2, 0) is 4.74 Å². The first-order valence-electron chi connectivity index (χ1n) is 9.23. The van der Waals surface area contributed by atoms with Crippen LogP contribution in [0.5, 0.6) is 0 Å². The first kappa shape index (κ1) is 21.3. The molecule has 7 heteroatoms. The van der Waals surface area contributed by atoms with Gasteiger partial charge in [-0.05, 0) is 65.3 Å². The van der Waals surface area contributed by atoms with E-state index in [1.807, 2.05) is 6.07 Å². The molecular formula is C23H19BrN2O4. The van der Waals surface area contributed by atoms with E-state index >= 15 is 0 Å². The van der Waals surface area contributed by atoms with Crippen molar-refractivity contribution in [1.82, 2.24) is 0 Å². The van der Waals surface area contributed by atoms with Crippen molar-refractivity contribution in [3.05, 3.63) is 94.0 Å². The Bertz CT molecular complexity index is 1100. The Morgan fingerprint density at radius 3 is 2.23 bits per heavy atom. The number of para-hydroxylation sites is 1. The van der Waals surface area contributed by atoms with Gasteiger partial charge in [-0.25, -0.2) is 4.79 Å². The van der Waals surface area contributed by atoms with Gasteiger partial charge in [0.25, 0.3) is 11.8 Å². The van der Waals surface area contributed by atoms with E-state index in [-0.39, 0.29) is 12.5 Å². The number of amides is 2. The fraction of sp³-hybridized carbons (Fsp3) is 0.0870. The molecule has 0 fully saturated rings. The van der Waals surface area contributed by atoms with E-state index in [9.17, 15) is 14.4 Å². The van der Waals surface area contributed by atoms with Crippen molar-refractivity contribution in [2.45, 2.75) is 6.92 Å². The molecule has 0 spiro atoms. The highest BCUT2D eigenvalue weighted by Gasteiger charge is 2.16. The fourth-order valence-corrected chi connectivity index (χ4v) is 3.23. The Morgan fingerprint density at radius 2 is 1.50 bits per heavy atom. The van der Waals surface area contributed by atoms with Gasteiger partial charge in [0.1, 0.15) is 0 Å². The lowest BCUT2D eigenvalue weighted by Gasteiger charge is -2.12. The summed E-state index contributed by atoms with van der Waals surface area (Å²) in [6.07, 6.45) is 0. The number of esters is 1. The van der Waals surface area contributed by atoms with Gasteiger partial charge in [0.2, 0.25) is 0 Å². The molecule has 2 N–H and O–H groups in total. The maximum atomic E-state index is 12.8. The predicted octanol–water partition coefficient (Wildman–Crippen LogP) is 5.13. The van der Waals surface area contributed by atoms with Crippen molar-refractivity contribution in [1.29, 1.82) is 0 Å². The van der Waals surface area contributed by atoms with Gasteiger partial charge >= 0.3 is 5.97 Å². The zero-order chi connectivity index (χ0) is 21.5. The van der Waals surface area contributed by atoms with Crippen LogP contribution in [0, 0.1) is 0 Å². The van der Waals surface area contributed by atoms with Crippen LogP contribution in [0.1, 0.15) is 38.0 Å². The Hall–Kier alpha value is -3.45. The molecule has 6 nitrogen and oxygen atoms in total. The van der Waals surface area contributed by atoms with Crippen molar-refractivity contribution < 1.29 is 19.1 Å². The predicted molar refractivity (Wildman–Crippen MR) is 119 cm³/mol. The van der Waals surface area contributed by atoms with Gasteiger partial charge in [-0.1, -0.05) is 30.3 Å². The molecule has 2 amide bonds. The zero-order valence-corrected chi connectivity index (χ0v) is 17.7. The van der Waals surface area contributed by atoms with Crippen molar-refractivity contribution in [2.75, 3.05) is 17.2 Å². The van der Waals surface area contributed by atoms with Crippen molar-refractivity contribution in [3.63, 3.8) is 0 Å². The molecule has 30 heavy (non-hydrogen) atoms. The second-order valence-electron chi connectivity index (χ2n) is 6.23. The van der Waals surface area contributed by atoms with E-state index in [0.29, 0.717) is 32.5 Å². The molecule has 3 aromatic rings. The first-order valence-corrected chi connectivity index (χ1v) is 10.0. The first-order chi connectivity index (χ1) is 14.5. The molecule has 0 aliphatic carbocycles. The van der Waals surface area contributed by atoms with Crippen LogP contribution in [0.4, 0.5) is 11.4 Å². The number of benzene rings is 3. The SMILES string of the molecule is CCOC(=O)c1cccc(NC(=O)c2ccccc2NC(=O)c2ccccc2Br)c1. The molecular weight excluding hydrogens is 448 g/mol. The molecule has 152 valence electrons. The minimum Gasteiger partial charge on any atom is -0.462 e. The summed E-state index contributed by atoms with van der Waals surface area (Å²) in [6, 6.07) is 20.2. The Balaban J connectivity index is 1.80. The van der Waals surface area contributed by atoms with Crippen LogP contribution < -0.4 is 10.6 Å². The number of anilines is 2. The van der Waals surface area contributed by atoms with Crippen LogP contribution in [-0.4, -0.2) is 24.4 Å². The summed E-state index contributed by atoms with van der Waals surface area (Å²) in [5.41, 5.74) is 1.90. The summed E-state index contributed by atoms with van der Waals surface area (Å²) in [4.78, 5) is 37.4. The number of rotatable bonds is 6. The molecule has 0 radical (unpaired) electrons. The van der Waals surface area contributed by atoms with Gasteiger partial charge in [0.05, 0.1) is 29.0 Å². The molecule has 0 saturated heterocycles. The lowest BCUT2D eigenvalue weighted by molar-refractivity contribution is 0.0526. The largest absolute Gasteiger partial charge is 0.462 e. The van der Waals surface area contributed by atoms with Crippen LogP contribution in [0.15, 0.2) is 77.3 Å². The van der Waals surface area contributed by atoms with Crippen LogP contribution in [0.3, 0.4) is 0 Å². The Kier molecular flexibility index (Phi) is 6.98. The molecule has 0 aliphatic rings. The fourth-order valence-electron chi connectivity index (χ4n) is 2.76. The molecule has 3 aromatic carbocycles. The van der Waals surface area contributed by atoms with Crippen LogP contribution >= 0.6 is 15.9 Å². The number of nitrogens with one attached hydrogen (secondary N) is 2. The monoisotopic (exact) mass is 466 g/mol. The highest BCUT2D eigenvalue weighted by Crippen LogP contribution is 2.21. The van der Waals surface area contributed by atoms with Gasteiger partial charge in [0, 0.05) is 10.2 Å². The van der Waals surface area contributed by atoms with E-state index in [0.717, 1.165) is 0 Å². The second kappa shape index (κ2) is 9.84. The van der Waals surface area contributed by atoms with E-state index < -0.39 is 11.9 Å². The third-order valence-electron chi connectivity index (χ3n) is 4.17. The lowest BCUT2D eigenvalue weighted by atomic mass is 10.1. The van der Waals surface area contributed by atoms with Crippen LogP contribution in [0.25, 0.3) is 0 Å². The molecule has 0 aliphatic heterocycles. The molecule has 0 saturated carbocycles. The summed E-state index contributed by atoms with van der Waals surface area (Å²) in [5, 5.41) is 5.53. The molecule has 0 unspecified atom stereocenters. The Morgan fingerprint density at radius 1 is 0.833 bits per heavy atom. The van der Waals surface area contributed by atoms with Gasteiger partial charge in [0.15, 0.2) is 0 Å². The summed E-state index contributed by atoms with van der Waals surface area (Å²) in [6.45, 7) is 1.99. The molecule has 0 atom stereocenters. The normalized spacial score (nSPS) is 10.2. The average Bonchev–Trinajstić information content (AvgIpc) is 2.74. The van der Waals surface area contributed by atoms with E-state index in [1.165, 1.54) is 6.07 Å².